The fourth-order valence-electron chi connectivity index (χ4n) is 2.47. The summed E-state index contributed by atoms with van der Waals surface area (Å²) in [5.41, 5.74) is 1.99. The predicted molar refractivity (Wildman–Crippen MR) is 102 cm³/mol. The minimum Gasteiger partial charge on any atom is -0.484 e. The fourth-order valence-corrected chi connectivity index (χ4v) is 2.47. The molecule has 0 bridgehead atoms. The zero-order valence-corrected chi connectivity index (χ0v) is 15.7. The van der Waals surface area contributed by atoms with Crippen molar-refractivity contribution < 1.29 is 18.7 Å². The van der Waals surface area contributed by atoms with E-state index in [1.54, 1.807) is 19.1 Å². The Bertz CT molecular complexity index is 745. The van der Waals surface area contributed by atoms with Crippen LogP contribution in [0.4, 0.5) is 4.39 Å². The lowest BCUT2D eigenvalue weighted by Gasteiger charge is -2.20. The van der Waals surface area contributed by atoms with Crippen LogP contribution in [0.15, 0.2) is 48.5 Å². The van der Waals surface area contributed by atoms with Gasteiger partial charge in [0.05, 0.1) is 6.54 Å². The molecule has 2 amide bonds. The number of ether oxygens (including phenoxy) is 1. The molecule has 144 valence electrons. The van der Waals surface area contributed by atoms with Crippen LogP contribution in [0, 0.1) is 5.82 Å². The summed E-state index contributed by atoms with van der Waals surface area (Å²) in [5, 5.41) is 2.73. The van der Waals surface area contributed by atoms with Gasteiger partial charge in [-0.05, 0) is 48.7 Å². The number of hydrogen-bond donors (Lipinski definition) is 1. The minimum absolute atomic E-state index is 0.0470. The molecule has 0 unspecified atom stereocenters. The van der Waals surface area contributed by atoms with Gasteiger partial charge < -0.3 is 15.0 Å². The Hall–Kier alpha value is -2.89. The van der Waals surface area contributed by atoms with E-state index in [0.29, 0.717) is 12.3 Å². The molecule has 0 saturated carbocycles. The summed E-state index contributed by atoms with van der Waals surface area (Å²) in [7, 11) is 0. The van der Waals surface area contributed by atoms with Gasteiger partial charge in [-0.25, -0.2) is 4.39 Å². The summed E-state index contributed by atoms with van der Waals surface area (Å²) in [4.78, 5) is 25.8. The maximum Gasteiger partial charge on any atom is 0.260 e. The van der Waals surface area contributed by atoms with Crippen molar-refractivity contribution in [1.82, 2.24) is 10.2 Å². The van der Waals surface area contributed by atoms with Crippen molar-refractivity contribution in [3.63, 3.8) is 0 Å². The molecular weight excluding hydrogens is 347 g/mol. The number of aryl methyl sites for hydroxylation is 1. The maximum absolute atomic E-state index is 12.9. The SMILES string of the molecule is CCc1ccc(OCC(=O)N(CC)CC(=O)NCc2ccc(F)cc2)cc1. The molecule has 27 heavy (non-hydrogen) atoms. The summed E-state index contributed by atoms with van der Waals surface area (Å²) in [6, 6.07) is 13.5. The standard InChI is InChI=1S/C21H25FN2O3/c1-3-16-7-11-19(12-8-16)27-15-21(26)24(4-2)14-20(25)23-13-17-5-9-18(22)10-6-17/h5-12H,3-4,13-15H2,1-2H3,(H,23,25). The Morgan fingerprint density at radius 1 is 1.00 bits per heavy atom. The quantitative estimate of drug-likeness (QED) is 0.736. The third kappa shape index (κ3) is 6.73. The molecule has 0 aliphatic heterocycles. The first-order valence-electron chi connectivity index (χ1n) is 9.02. The van der Waals surface area contributed by atoms with Crippen molar-refractivity contribution >= 4 is 11.8 Å². The average Bonchev–Trinajstić information content (AvgIpc) is 2.70. The van der Waals surface area contributed by atoms with Gasteiger partial charge in [0.1, 0.15) is 11.6 Å². The van der Waals surface area contributed by atoms with Crippen LogP contribution in [0.2, 0.25) is 0 Å². The van der Waals surface area contributed by atoms with Crippen LogP contribution in [-0.4, -0.2) is 36.4 Å². The highest BCUT2D eigenvalue weighted by Gasteiger charge is 2.16. The summed E-state index contributed by atoms with van der Waals surface area (Å²) in [6.45, 7) is 4.39. The highest BCUT2D eigenvalue weighted by molar-refractivity contribution is 5.85. The van der Waals surface area contributed by atoms with E-state index in [1.807, 2.05) is 24.3 Å². The highest BCUT2D eigenvalue weighted by Crippen LogP contribution is 2.12. The molecule has 2 aromatic carbocycles. The van der Waals surface area contributed by atoms with E-state index in [1.165, 1.54) is 22.6 Å². The van der Waals surface area contributed by atoms with Gasteiger partial charge in [0.15, 0.2) is 6.61 Å². The van der Waals surface area contributed by atoms with Crippen molar-refractivity contribution in [2.24, 2.45) is 0 Å². The molecule has 0 saturated heterocycles. The molecule has 0 aliphatic carbocycles. The van der Waals surface area contributed by atoms with Crippen LogP contribution in [0.5, 0.6) is 5.75 Å². The first kappa shape index (κ1) is 20.4. The largest absolute Gasteiger partial charge is 0.484 e. The molecule has 0 aliphatic rings. The van der Waals surface area contributed by atoms with Crippen LogP contribution in [0.25, 0.3) is 0 Å². The number of carbonyl (C=O) groups excluding carboxylic acids is 2. The molecule has 0 aromatic heterocycles. The number of likely N-dealkylation sites (N-methyl/N-ethyl adjacent to an activating group) is 1. The zero-order valence-electron chi connectivity index (χ0n) is 15.7. The third-order valence-corrected chi connectivity index (χ3v) is 4.17. The first-order valence-corrected chi connectivity index (χ1v) is 9.02. The van der Waals surface area contributed by atoms with Gasteiger partial charge in [-0.3, -0.25) is 9.59 Å². The number of nitrogens with one attached hydrogen (secondary N) is 1. The lowest BCUT2D eigenvalue weighted by atomic mass is 10.2. The molecule has 0 fully saturated rings. The summed E-state index contributed by atoms with van der Waals surface area (Å²) in [5.74, 6) is -0.231. The normalized spacial score (nSPS) is 10.3. The minimum atomic E-state index is -0.322. The molecule has 5 nitrogen and oxygen atoms in total. The monoisotopic (exact) mass is 372 g/mol. The van der Waals surface area contributed by atoms with Crippen molar-refractivity contribution in [2.45, 2.75) is 26.8 Å². The van der Waals surface area contributed by atoms with Crippen molar-refractivity contribution in [2.75, 3.05) is 19.7 Å². The first-order chi connectivity index (χ1) is 13.0. The Morgan fingerprint density at radius 2 is 1.63 bits per heavy atom. The highest BCUT2D eigenvalue weighted by atomic mass is 19.1. The Kier molecular flexibility index (Phi) is 7.79. The van der Waals surface area contributed by atoms with Crippen molar-refractivity contribution in [3.05, 3.63) is 65.5 Å². The number of rotatable bonds is 9. The van der Waals surface area contributed by atoms with E-state index in [9.17, 15) is 14.0 Å². The van der Waals surface area contributed by atoms with Crippen LogP contribution in [-0.2, 0) is 22.6 Å². The van der Waals surface area contributed by atoms with E-state index in [2.05, 4.69) is 12.2 Å². The van der Waals surface area contributed by atoms with Crippen LogP contribution < -0.4 is 10.1 Å². The maximum atomic E-state index is 12.9. The molecule has 2 rings (SSSR count). The number of halogens is 1. The van der Waals surface area contributed by atoms with Crippen molar-refractivity contribution in [1.29, 1.82) is 0 Å². The smallest absolute Gasteiger partial charge is 0.260 e. The van der Waals surface area contributed by atoms with Gasteiger partial charge in [-0.1, -0.05) is 31.2 Å². The summed E-state index contributed by atoms with van der Waals surface area (Å²) >= 11 is 0. The Labute approximate surface area is 159 Å². The zero-order chi connectivity index (χ0) is 19.6. The Balaban J connectivity index is 1.78. The van der Waals surface area contributed by atoms with Gasteiger partial charge in [-0.15, -0.1) is 0 Å². The van der Waals surface area contributed by atoms with Gasteiger partial charge in [-0.2, -0.15) is 0 Å². The van der Waals surface area contributed by atoms with Crippen LogP contribution in [0.3, 0.4) is 0 Å². The fraction of sp³-hybridized carbons (Fsp3) is 0.333. The molecule has 0 heterocycles. The number of benzene rings is 2. The van der Waals surface area contributed by atoms with E-state index in [0.717, 1.165) is 12.0 Å². The summed E-state index contributed by atoms with van der Waals surface area (Å²) < 4.78 is 18.4. The predicted octanol–water partition coefficient (Wildman–Crippen LogP) is 2.93. The van der Waals surface area contributed by atoms with Gasteiger partial charge >= 0.3 is 0 Å². The molecule has 0 radical (unpaired) electrons. The van der Waals surface area contributed by atoms with Gasteiger partial charge in [0.2, 0.25) is 5.91 Å². The Morgan fingerprint density at radius 3 is 2.22 bits per heavy atom. The van der Waals surface area contributed by atoms with Crippen molar-refractivity contribution in [3.8, 4) is 5.75 Å². The van der Waals surface area contributed by atoms with E-state index < -0.39 is 0 Å². The second-order valence-electron chi connectivity index (χ2n) is 6.10. The number of carbonyl (C=O) groups is 2. The molecule has 6 heteroatoms. The molecule has 0 spiro atoms. The molecule has 2 aromatic rings. The lowest BCUT2D eigenvalue weighted by Crippen LogP contribution is -2.42. The number of hydrogen-bond acceptors (Lipinski definition) is 3. The number of amides is 2. The van der Waals surface area contributed by atoms with E-state index in [-0.39, 0.29) is 37.3 Å². The van der Waals surface area contributed by atoms with Gasteiger partial charge in [0, 0.05) is 13.1 Å². The molecule has 1 N–H and O–H groups in total. The molecular formula is C21H25FN2O3. The van der Waals surface area contributed by atoms with Gasteiger partial charge in [0.25, 0.3) is 5.91 Å². The third-order valence-electron chi connectivity index (χ3n) is 4.17. The van der Waals surface area contributed by atoms with Crippen LogP contribution in [0.1, 0.15) is 25.0 Å². The van der Waals surface area contributed by atoms with E-state index in [4.69, 9.17) is 4.74 Å². The average molecular weight is 372 g/mol. The summed E-state index contributed by atoms with van der Waals surface area (Å²) in [6.07, 6.45) is 0.940. The second-order valence-corrected chi connectivity index (χ2v) is 6.10. The second kappa shape index (κ2) is 10.3. The van der Waals surface area contributed by atoms with Crippen LogP contribution >= 0.6 is 0 Å². The lowest BCUT2D eigenvalue weighted by molar-refractivity contribution is -0.137. The molecule has 0 atom stereocenters. The number of nitrogens with zero attached hydrogens (tertiary/aromatic N) is 1. The van der Waals surface area contributed by atoms with E-state index >= 15 is 0 Å². The topological polar surface area (TPSA) is 58.6 Å².